The lowest BCUT2D eigenvalue weighted by Gasteiger charge is -2.44. The molecule has 0 radical (unpaired) electrons. The van der Waals surface area contributed by atoms with E-state index < -0.39 is 47.4 Å². The normalized spacial score (nSPS) is 43.6. The second-order valence-electron chi connectivity index (χ2n) is 3.40. The molecule has 0 aromatic heterocycles. The predicted molar refractivity (Wildman–Crippen MR) is 47.6 cm³/mol. The van der Waals surface area contributed by atoms with Gasteiger partial charge in [-0.25, -0.2) is 4.18 Å². The van der Waals surface area contributed by atoms with Crippen molar-refractivity contribution in [3.05, 3.63) is 0 Å². The highest BCUT2D eigenvalue weighted by Gasteiger charge is 2.57. The first-order valence-corrected chi connectivity index (χ1v) is 5.69. The van der Waals surface area contributed by atoms with E-state index in [0.29, 0.717) is 0 Å². The second kappa shape index (κ2) is 4.72. The van der Waals surface area contributed by atoms with Gasteiger partial charge in [0.05, 0.1) is 6.61 Å². The standard InChI is InChI=1S/C6H12O10S/c7-1-2-6(11,16-17(12,13)14)4(9)3(8)5(10)15-2/h2-5,7-11H,1H2,(H,12,13,14)/t2-,3-,4-,5+,6-/m1/s1. The number of hydrogen-bond donors (Lipinski definition) is 6. The third kappa shape index (κ3) is 2.90. The molecular weight excluding hydrogens is 264 g/mol. The SMILES string of the molecule is O=S(=O)(O)O[C@@]1(O)[C@H](O)[C@@H](O)[C@@H](O)O[C@@H]1CO. The molecule has 0 bridgehead atoms. The Morgan fingerprint density at radius 3 is 2.24 bits per heavy atom. The third-order valence-electron chi connectivity index (χ3n) is 2.21. The Morgan fingerprint density at radius 1 is 1.29 bits per heavy atom. The van der Waals surface area contributed by atoms with Crippen molar-refractivity contribution in [3.8, 4) is 0 Å². The second-order valence-corrected chi connectivity index (χ2v) is 4.42. The average molecular weight is 276 g/mol. The zero-order valence-corrected chi connectivity index (χ0v) is 9.06. The zero-order chi connectivity index (χ0) is 13.4. The van der Waals surface area contributed by atoms with Crippen LogP contribution in [0.25, 0.3) is 0 Å². The van der Waals surface area contributed by atoms with Crippen LogP contribution in [-0.2, 0) is 19.3 Å². The van der Waals surface area contributed by atoms with Gasteiger partial charge in [0.25, 0.3) is 0 Å². The van der Waals surface area contributed by atoms with Crippen LogP contribution < -0.4 is 0 Å². The molecule has 0 amide bonds. The van der Waals surface area contributed by atoms with Crippen LogP contribution in [0.15, 0.2) is 0 Å². The summed E-state index contributed by atoms with van der Waals surface area (Å²) in [4.78, 5) is 0. The molecule has 6 N–H and O–H groups in total. The Kier molecular flexibility index (Phi) is 4.08. The summed E-state index contributed by atoms with van der Waals surface area (Å²) in [6.07, 6.45) is -8.28. The van der Waals surface area contributed by atoms with E-state index >= 15 is 0 Å². The molecule has 11 heteroatoms. The molecular formula is C6H12O10S. The first-order valence-electron chi connectivity index (χ1n) is 4.32. The number of rotatable bonds is 3. The summed E-state index contributed by atoms with van der Waals surface area (Å²) in [5.74, 6) is -3.12. The number of aliphatic hydroxyl groups excluding tert-OH is 4. The maximum Gasteiger partial charge on any atom is 0.400 e. The number of ether oxygens (including phenoxy) is 1. The van der Waals surface area contributed by atoms with Crippen molar-refractivity contribution in [1.29, 1.82) is 0 Å². The van der Waals surface area contributed by atoms with Crippen molar-refractivity contribution in [1.82, 2.24) is 0 Å². The minimum atomic E-state index is -5.19. The van der Waals surface area contributed by atoms with E-state index in [0.717, 1.165) is 0 Å². The summed E-state index contributed by atoms with van der Waals surface area (Å²) in [7, 11) is -5.19. The van der Waals surface area contributed by atoms with E-state index in [1.165, 1.54) is 0 Å². The van der Waals surface area contributed by atoms with E-state index in [2.05, 4.69) is 8.92 Å². The van der Waals surface area contributed by atoms with Crippen LogP contribution in [0, 0.1) is 0 Å². The van der Waals surface area contributed by atoms with E-state index in [1.54, 1.807) is 0 Å². The van der Waals surface area contributed by atoms with Gasteiger partial charge in [0, 0.05) is 0 Å². The van der Waals surface area contributed by atoms with Crippen molar-refractivity contribution in [2.45, 2.75) is 30.4 Å². The highest BCUT2D eigenvalue weighted by molar-refractivity contribution is 7.80. The van der Waals surface area contributed by atoms with Crippen LogP contribution in [0.5, 0.6) is 0 Å². The lowest BCUT2D eigenvalue weighted by Crippen LogP contribution is -2.68. The molecule has 0 unspecified atom stereocenters. The summed E-state index contributed by atoms with van der Waals surface area (Å²) in [6, 6.07) is 0. The van der Waals surface area contributed by atoms with Gasteiger partial charge in [0.2, 0.25) is 5.79 Å². The van der Waals surface area contributed by atoms with Crippen LogP contribution in [0.4, 0.5) is 0 Å². The fourth-order valence-corrected chi connectivity index (χ4v) is 1.93. The molecule has 1 fully saturated rings. The summed E-state index contributed by atoms with van der Waals surface area (Å²) >= 11 is 0. The quantitative estimate of drug-likeness (QED) is 0.220. The molecule has 1 saturated heterocycles. The summed E-state index contributed by atoms with van der Waals surface area (Å²) in [6.45, 7) is -1.05. The van der Waals surface area contributed by atoms with E-state index in [1.807, 2.05) is 0 Å². The lowest BCUT2D eigenvalue weighted by molar-refractivity contribution is -0.370. The maximum absolute atomic E-state index is 10.5. The molecule has 5 atom stereocenters. The van der Waals surface area contributed by atoms with Crippen molar-refractivity contribution in [3.63, 3.8) is 0 Å². The molecule has 1 heterocycles. The van der Waals surface area contributed by atoms with Gasteiger partial charge in [-0.15, -0.1) is 0 Å². The molecule has 102 valence electrons. The third-order valence-corrected chi connectivity index (χ3v) is 2.69. The van der Waals surface area contributed by atoms with Gasteiger partial charge >= 0.3 is 10.4 Å². The van der Waals surface area contributed by atoms with Gasteiger partial charge in [0.15, 0.2) is 6.29 Å². The van der Waals surface area contributed by atoms with E-state index in [4.69, 9.17) is 19.9 Å². The Hall–Kier alpha value is -0.370. The van der Waals surface area contributed by atoms with Crippen LogP contribution in [0.1, 0.15) is 0 Å². The van der Waals surface area contributed by atoms with Crippen LogP contribution in [0.2, 0.25) is 0 Å². The highest BCUT2D eigenvalue weighted by atomic mass is 32.3. The molecule has 0 aliphatic carbocycles. The summed E-state index contributed by atoms with van der Waals surface area (Å²) in [5.41, 5.74) is 0. The van der Waals surface area contributed by atoms with Gasteiger partial charge in [-0.05, 0) is 0 Å². The molecule has 10 nitrogen and oxygen atoms in total. The largest absolute Gasteiger partial charge is 0.400 e. The first kappa shape index (κ1) is 14.7. The topological polar surface area (TPSA) is 174 Å². The Balaban J connectivity index is 3.07. The summed E-state index contributed by atoms with van der Waals surface area (Å²) < 4.78 is 37.6. The Labute approximate surface area is 95.6 Å². The van der Waals surface area contributed by atoms with Crippen molar-refractivity contribution >= 4 is 10.4 Å². The fraction of sp³-hybridized carbons (Fsp3) is 1.00. The molecule has 1 rings (SSSR count). The monoisotopic (exact) mass is 276 g/mol. The predicted octanol–water partition coefficient (Wildman–Crippen LogP) is -4.07. The minimum absolute atomic E-state index is 1.05. The Bertz CT molecular complexity index is 363. The summed E-state index contributed by atoms with van der Waals surface area (Å²) in [5, 5.41) is 46.1. The van der Waals surface area contributed by atoms with Crippen molar-refractivity contribution in [2.24, 2.45) is 0 Å². The molecule has 17 heavy (non-hydrogen) atoms. The lowest BCUT2D eigenvalue weighted by atomic mass is 9.95. The average Bonchev–Trinajstić information content (AvgIpc) is 2.18. The van der Waals surface area contributed by atoms with Crippen LogP contribution in [0.3, 0.4) is 0 Å². The molecule has 0 saturated carbocycles. The molecule has 0 spiro atoms. The number of aliphatic hydroxyl groups is 5. The molecule has 0 aromatic carbocycles. The van der Waals surface area contributed by atoms with Gasteiger partial charge in [-0.3, -0.25) is 4.55 Å². The van der Waals surface area contributed by atoms with Gasteiger partial charge < -0.3 is 30.3 Å². The van der Waals surface area contributed by atoms with Crippen molar-refractivity contribution in [2.75, 3.05) is 6.61 Å². The molecule has 0 aromatic rings. The first-order chi connectivity index (χ1) is 7.62. The minimum Gasteiger partial charge on any atom is -0.393 e. The van der Waals surface area contributed by atoms with Crippen LogP contribution in [-0.4, -0.2) is 75.5 Å². The van der Waals surface area contributed by atoms with Gasteiger partial charge in [0.1, 0.15) is 18.3 Å². The maximum atomic E-state index is 10.5. The Morgan fingerprint density at radius 2 is 1.82 bits per heavy atom. The molecule has 1 aliphatic heterocycles. The van der Waals surface area contributed by atoms with Gasteiger partial charge in [-0.2, -0.15) is 8.42 Å². The van der Waals surface area contributed by atoms with Crippen molar-refractivity contribution < 1.29 is 47.4 Å². The molecule has 1 aliphatic rings. The number of hydrogen-bond acceptors (Lipinski definition) is 9. The van der Waals surface area contributed by atoms with E-state index in [9.17, 15) is 18.6 Å². The van der Waals surface area contributed by atoms with E-state index in [-0.39, 0.29) is 0 Å². The van der Waals surface area contributed by atoms with Gasteiger partial charge in [-0.1, -0.05) is 0 Å². The zero-order valence-electron chi connectivity index (χ0n) is 8.24. The van der Waals surface area contributed by atoms with Crippen LogP contribution >= 0.6 is 0 Å². The smallest absolute Gasteiger partial charge is 0.393 e. The highest BCUT2D eigenvalue weighted by Crippen LogP contribution is 2.31. The fourth-order valence-electron chi connectivity index (χ4n) is 1.38.